The summed E-state index contributed by atoms with van der Waals surface area (Å²) in [5.41, 5.74) is 0.190. The minimum atomic E-state index is -2.11. The average Bonchev–Trinajstić information content (AvgIpc) is 3.27. The van der Waals surface area contributed by atoms with E-state index in [4.69, 9.17) is 13.9 Å². The van der Waals surface area contributed by atoms with E-state index in [1.807, 2.05) is 45.0 Å². The van der Waals surface area contributed by atoms with Gasteiger partial charge in [0.1, 0.15) is 11.2 Å². The molecule has 0 saturated carbocycles. The van der Waals surface area contributed by atoms with Crippen molar-refractivity contribution in [3.05, 3.63) is 36.0 Å². The number of rotatable bonds is 5. The molecule has 2 heterocycles. The van der Waals surface area contributed by atoms with Crippen molar-refractivity contribution in [2.24, 2.45) is 5.92 Å². The fourth-order valence-corrected chi connectivity index (χ4v) is 5.48. The largest absolute Gasteiger partial charge is 0.443 e. The molecule has 39 heavy (non-hydrogen) atoms. The summed E-state index contributed by atoms with van der Waals surface area (Å²) >= 11 is 0. The highest BCUT2D eigenvalue weighted by Gasteiger charge is 2.47. The van der Waals surface area contributed by atoms with Crippen molar-refractivity contribution in [3.8, 4) is 0 Å². The number of likely N-dealkylation sites (tertiary alicyclic amines) is 1. The van der Waals surface area contributed by atoms with Gasteiger partial charge in [0.2, 0.25) is 5.91 Å². The van der Waals surface area contributed by atoms with Crippen LogP contribution in [0.15, 0.2) is 30.5 Å². The number of amides is 2. The van der Waals surface area contributed by atoms with Gasteiger partial charge in [-0.05, 0) is 84.1 Å². The molecule has 0 unspecified atom stereocenters. The molecule has 0 N–H and O–H groups in total. The topological polar surface area (TPSA) is 87.1 Å². The minimum absolute atomic E-state index is 0.00471. The number of nitrogens with zero attached hydrogens (tertiary/aromatic N) is 2. The number of benzene rings is 1. The number of ether oxygens (including phenoxy) is 2. The van der Waals surface area contributed by atoms with E-state index in [1.165, 1.54) is 9.47 Å². The van der Waals surface area contributed by atoms with Crippen LogP contribution in [0.25, 0.3) is 10.9 Å². The standard InChI is InChI=1S/C30H46N2O6Si/c1-28(2,3)37-26(34)31-18-21(23-14-12-13-15-24(23)31)16-20-17-22(19-36-39(10,11)30(7,8)9)32(25(20)33)27(35)38-29(4,5)6/h12-15,18,20,22H,16-17,19H2,1-11H3/t20-,22+/m1/s1. The summed E-state index contributed by atoms with van der Waals surface area (Å²) in [6.07, 6.45) is 1.47. The lowest BCUT2D eigenvalue weighted by Crippen LogP contribution is -2.48. The fourth-order valence-electron chi connectivity index (χ4n) is 4.44. The molecular formula is C30H46N2O6Si. The van der Waals surface area contributed by atoms with E-state index in [1.54, 1.807) is 27.0 Å². The Morgan fingerprint density at radius 2 is 1.49 bits per heavy atom. The van der Waals surface area contributed by atoms with Crippen molar-refractivity contribution in [1.82, 2.24) is 9.47 Å². The second-order valence-corrected chi connectivity index (χ2v) is 18.9. The summed E-state index contributed by atoms with van der Waals surface area (Å²) in [5, 5.41) is 0.871. The van der Waals surface area contributed by atoms with Crippen molar-refractivity contribution in [2.45, 2.75) is 111 Å². The summed E-state index contributed by atoms with van der Waals surface area (Å²) in [7, 11) is -2.11. The highest BCUT2D eigenvalue weighted by Crippen LogP contribution is 2.38. The Labute approximate surface area is 234 Å². The SMILES string of the molecule is CC(C)(C)OC(=O)N1C(=O)[C@H](Cc2cn(C(=O)OC(C)(C)C)c3ccccc23)C[C@H]1CO[Si](C)(C)C(C)(C)C. The van der Waals surface area contributed by atoms with Crippen molar-refractivity contribution in [2.75, 3.05) is 6.61 Å². The summed E-state index contributed by atoms with van der Waals surface area (Å²) < 4.78 is 19.2. The van der Waals surface area contributed by atoms with Gasteiger partial charge in [-0.25, -0.2) is 14.5 Å². The van der Waals surface area contributed by atoms with Crippen LogP contribution in [0, 0.1) is 5.92 Å². The summed E-state index contributed by atoms with van der Waals surface area (Å²) in [4.78, 5) is 41.2. The minimum Gasteiger partial charge on any atom is -0.443 e. The molecule has 216 valence electrons. The zero-order valence-corrected chi connectivity index (χ0v) is 26.5. The van der Waals surface area contributed by atoms with Gasteiger partial charge >= 0.3 is 12.2 Å². The van der Waals surface area contributed by atoms with Crippen LogP contribution in [-0.2, 0) is 25.1 Å². The van der Waals surface area contributed by atoms with Crippen LogP contribution < -0.4 is 0 Å². The Balaban J connectivity index is 1.92. The van der Waals surface area contributed by atoms with Gasteiger partial charge in [0, 0.05) is 17.5 Å². The van der Waals surface area contributed by atoms with Gasteiger partial charge < -0.3 is 13.9 Å². The molecule has 0 bridgehead atoms. The first kappa shape index (κ1) is 30.9. The first-order valence-electron chi connectivity index (χ1n) is 13.7. The number of aromatic nitrogens is 1. The van der Waals surface area contributed by atoms with Gasteiger partial charge in [0.15, 0.2) is 8.32 Å². The smallest absolute Gasteiger partial charge is 0.419 e. The van der Waals surface area contributed by atoms with Gasteiger partial charge in [-0.1, -0.05) is 39.0 Å². The Morgan fingerprint density at radius 1 is 0.923 bits per heavy atom. The van der Waals surface area contributed by atoms with Gasteiger partial charge in [-0.2, -0.15) is 0 Å². The lowest BCUT2D eigenvalue weighted by atomic mass is 9.96. The van der Waals surface area contributed by atoms with Crippen LogP contribution >= 0.6 is 0 Å². The molecule has 9 heteroatoms. The van der Waals surface area contributed by atoms with Crippen LogP contribution in [0.1, 0.15) is 74.3 Å². The van der Waals surface area contributed by atoms with E-state index in [2.05, 4.69) is 33.9 Å². The van der Waals surface area contributed by atoms with Gasteiger partial charge in [0.05, 0.1) is 18.2 Å². The average molecular weight is 559 g/mol. The van der Waals surface area contributed by atoms with Gasteiger partial charge in [-0.3, -0.25) is 9.36 Å². The summed E-state index contributed by atoms with van der Waals surface area (Å²) in [6.45, 7) is 21.9. The van der Waals surface area contributed by atoms with Crippen LogP contribution in [-0.4, -0.2) is 59.7 Å². The fraction of sp³-hybridized carbons (Fsp3) is 0.633. The molecular weight excluding hydrogens is 512 g/mol. The van der Waals surface area contributed by atoms with E-state index in [0.29, 0.717) is 18.4 Å². The molecule has 1 aliphatic rings. The zero-order valence-electron chi connectivity index (χ0n) is 25.5. The number of carbonyl (C=O) groups is 3. The second-order valence-electron chi connectivity index (χ2n) is 14.1. The van der Waals surface area contributed by atoms with E-state index >= 15 is 0 Å². The third-order valence-electron chi connectivity index (χ3n) is 7.39. The predicted molar refractivity (Wildman–Crippen MR) is 155 cm³/mol. The number of imide groups is 1. The zero-order chi connectivity index (χ0) is 29.6. The van der Waals surface area contributed by atoms with E-state index in [0.717, 1.165) is 10.9 Å². The third-order valence-corrected chi connectivity index (χ3v) is 11.9. The number of hydrogen-bond donors (Lipinski definition) is 0. The lowest BCUT2D eigenvalue weighted by Gasteiger charge is -2.37. The van der Waals surface area contributed by atoms with Crippen LogP contribution in [0.5, 0.6) is 0 Å². The Kier molecular flexibility index (Phi) is 8.49. The highest BCUT2D eigenvalue weighted by atomic mass is 28.4. The maximum atomic E-state index is 13.7. The molecule has 1 aromatic carbocycles. The monoisotopic (exact) mass is 558 g/mol. The molecule has 2 aromatic rings. The van der Waals surface area contributed by atoms with Gasteiger partial charge in [0.25, 0.3) is 0 Å². The van der Waals surface area contributed by atoms with Crippen LogP contribution in [0.4, 0.5) is 9.59 Å². The van der Waals surface area contributed by atoms with Crippen molar-refractivity contribution in [3.63, 3.8) is 0 Å². The van der Waals surface area contributed by atoms with Crippen LogP contribution in [0.2, 0.25) is 18.1 Å². The number of para-hydroxylation sites is 1. The third kappa shape index (κ3) is 7.31. The number of carbonyl (C=O) groups excluding carboxylic acids is 3. The molecule has 2 amide bonds. The van der Waals surface area contributed by atoms with E-state index in [-0.39, 0.29) is 17.6 Å². The Hall–Kier alpha value is -2.65. The maximum Gasteiger partial charge on any atom is 0.419 e. The molecule has 2 atom stereocenters. The Bertz CT molecular complexity index is 1230. The molecule has 0 spiro atoms. The number of fused-ring (bicyclic) bond motifs is 1. The van der Waals surface area contributed by atoms with Crippen molar-refractivity contribution >= 4 is 37.3 Å². The van der Waals surface area contributed by atoms with Gasteiger partial charge in [-0.15, -0.1) is 0 Å². The second kappa shape index (κ2) is 10.7. The molecule has 1 aliphatic heterocycles. The molecule has 1 aromatic heterocycles. The van der Waals surface area contributed by atoms with Crippen LogP contribution in [0.3, 0.4) is 0 Å². The first-order chi connectivity index (χ1) is 17.7. The first-order valence-corrected chi connectivity index (χ1v) is 16.6. The molecule has 8 nitrogen and oxygen atoms in total. The molecule has 3 rings (SSSR count). The summed E-state index contributed by atoms with van der Waals surface area (Å²) in [5.74, 6) is -0.731. The molecule has 0 aliphatic carbocycles. The van der Waals surface area contributed by atoms with E-state index in [9.17, 15) is 14.4 Å². The molecule has 1 saturated heterocycles. The molecule has 0 radical (unpaired) electrons. The predicted octanol–water partition coefficient (Wildman–Crippen LogP) is 7.14. The number of hydrogen-bond acceptors (Lipinski definition) is 6. The lowest BCUT2D eigenvalue weighted by molar-refractivity contribution is -0.131. The normalized spacial score (nSPS) is 19.1. The van der Waals surface area contributed by atoms with Crippen molar-refractivity contribution in [1.29, 1.82) is 0 Å². The molecule has 1 fully saturated rings. The van der Waals surface area contributed by atoms with E-state index < -0.39 is 43.7 Å². The Morgan fingerprint density at radius 3 is 2.05 bits per heavy atom. The maximum absolute atomic E-state index is 13.7. The van der Waals surface area contributed by atoms with Crippen molar-refractivity contribution < 1.29 is 28.3 Å². The highest BCUT2D eigenvalue weighted by molar-refractivity contribution is 6.74. The summed E-state index contributed by atoms with van der Waals surface area (Å²) in [6, 6.07) is 7.15. The quantitative estimate of drug-likeness (QED) is 0.363.